The normalized spacial score (nSPS) is 19.8. The topological polar surface area (TPSA) is 138 Å². The van der Waals surface area contributed by atoms with E-state index in [1.165, 1.54) is 11.1 Å². The number of aromatic nitrogens is 2. The van der Waals surface area contributed by atoms with E-state index in [0.717, 1.165) is 51.4 Å². The van der Waals surface area contributed by atoms with Gasteiger partial charge in [0, 0.05) is 63.0 Å². The van der Waals surface area contributed by atoms with E-state index in [4.69, 9.17) is 4.74 Å². The van der Waals surface area contributed by atoms with Crippen LogP contribution in [-0.4, -0.2) is 103 Å². The Balaban J connectivity index is 1.26. The summed E-state index contributed by atoms with van der Waals surface area (Å²) >= 11 is 0. The molecule has 1 atom stereocenters. The van der Waals surface area contributed by atoms with Gasteiger partial charge >= 0.3 is 0 Å². The molecular formula is C27H34N8O4. The summed E-state index contributed by atoms with van der Waals surface area (Å²) in [6.07, 6.45) is 3.00. The number of aliphatic hydroxyl groups is 1. The SMILES string of the molecule is CN1CCN(Cc2ccc(N(C)C(O)Nc3cc(N4CCC5(CC4)COC5)c(C#N)cn3)nc2C=O)C(=O)C1. The maximum Gasteiger partial charge on any atom is 0.237 e. The van der Waals surface area contributed by atoms with Gasteiger partial charge in [-0.2, -0.15) is 5.26 Å². The number of hydrogen-bond acceptors (Lipinski definition) is 11. The van der Waals surface area contributed by atoms with Crippen molar-refractivity contribution in [1.29, 1.82) is 5.26 Å². The summed E-state index contributed by atoms with van der Waals surface area (Å²) in [4.78, 5) is 40.3. The number of piperazine rings is 1. The van der Waals surface area contributed by atoms with Crippen LogP contribution in [0.5, 0.6) is 0 Å². The highest BCUT2D eigenvalue weighted by Crippen LogP contribution is 2.40. The van der Waals surface area contributed by atoms with E-state index in [1.807, 2.05) is 11.9 Å². The van der Waals surface area contributed by atoms with Gasteiger partial charge in [0.2, 0.25) is 12.3 Å². The van der Waals surface area contributed by atoms with Crippen LogP contribution in [0.15, 0.2) is 24.4 Å². The average Bonchev–Trinajstić information content (AvgIpc) is 2.93. The number of aliphatic hydroxyl groups excluding tert-OH is 1. The molecule has 12 nitrogen and oxygen atoms in total. The second-order valence-electron chi connectivity index (χ2n) is 10.7. The average molecular weight is 535 g/mol. The molecule has 3 aliphatic rings. The van der Waals surface area contributed by atoms with E-state index in [2.05, 4.69) is 26.3 Å². The Kier molecular flexibility index (Phi) is 7.65. The minimum absolute atomic E-state index is 0.0109. The van der Waals surface area contributed by atoms with Gasteiger partial charge in [0.05, 0.1) is 31.0 Å². The van der Waals surface area contributed by atoms with Crippen molar-refractivity contribution in [2.45, 2.75) is 25.7 Å². The summed E-state index contributed by atoms with van der Waals surface area (Å²) in [6.45, 7) is 5.28. The summed E-state index contributed by atoms with van der Waals surface area (Å²) in [5.74, 6) is 0.803. The molecule has 39 heavy (non-hydrogen) atoms. The summed E-state index contributed by atoms with van der Waals surface area (Å²) in [6, 6.07) is 7.47. The Labute approximate surface area is 227 Å². The maximum absolute atomic E-state index is 12.4. The van der Waals surface area contributed by atoms with E-state index >= 15 is 0 Å². The lowest BCUT2D eigenvalue weighted by Gasteiger charge is -2.48. The molecule has 3 saturated heterocycles. The number of ether oxygens (including phenoxy) is 1. The standard InChI is InChI=1S/C27H34N8O4/c1-32-9-10-35(25(37)15-32)14-19-3-4-24(30-21(19)16-36)33(2)26(38)31-23-11-22(20(12-28)13-29-23)34-7-5-27(6-8-34)17-39-18-27/h3-4,11,13,16,26,38H,5-10,14-15,17-18H2,1-2H3,(H,29,31). The van der Waals surface area contributed by atoms with Crippen molar-refractivity contribution >= 4 is 29.5 Å². The Morgan fingerprint density at radius 1 is 1.28 bits per heavy atom. The maximum atomic E-state index is 12.4. The zero-order chi connectivity index (χ0) is 27.6. The highest BCUT2D eigenvalue weighted by Gasteiger charge is 2.41. The van der Waals surface area contributed by atoms with Gasteiger partial charge < -0.3 is 29.9 Å². The van der Waals surface area contributed by atoms with Crippen molar-refractivity contribution in [2.24, 2.45) is 5.41 Å². The van der Waals surface area contributed by atoms with Gasteiger partial charge in [-0.25, -0.2) is 9.97 Å². The Bertz CT molecular complexity index is 1270. The number of piperidine rings is 1. The highest BCUT2D eigenvalue weighted by molar-refractivity contribution is 5.80. The number of pyridine rings is 2. The molecule has 1 spiro atoms. The Hall–Kier alpha value is -3.79. The number of likely N-dealkylation sites (N-methyl/N-ethyl adjacent to an activating group) is 1. The van der Waals surface area contributed by atoms with Crippen LogP contribution in [0.1, 0.15) is 34.5 Å². The molecule has 2 N–H and O–H groups in total. The fourth-order valence-corrected chi connectivity index (χ4v) is 5.25. The van der Waals surface area contributed by atoms with Gasteiger partial charge in [0.15, 0.2) is 6.29 Å². The summed E-state index contributed by atoms with van der Waals surface area (Å²) in [5, 5.41) is 23.5. The highest BCUT2D eigenvalue weighted by atomic mass is 16.5. The fraction of sp³-hybridized carbons (Fsp3) is 0.519. The van der Waals surface area contributed by atoms with Gasteiger partial charge in [0.1, 0.15) is 23.4 Å². The molecule has 5 heterocycles. The number of hydrogen-bond donors (Lipinski definition) is 2. The van der Waals surface area contributed by atoms with Crippen LogP contribution >= 0.6 is 0 Å². The summed E-state index contributed by atoms with van der Waals surface area (Å²) in [7, 11) is 3.55. The molecule has 2 aromatic rings. The van der Waals surface area contributed by atoms with Crippen LogP contribution in [0.4, 0.5) is 17.3 Å². The first-order valence-electron chi connectivity index (χ1n) is 13.1. The molecule has 12 heteroatoms. The number of anilines is 3. The molecule has 5 rings (SSSR count). The largest absolute Gasteiger partial charge is 0.380 e. The van der Waals surface area contributed by atoms with Gasteiger partial charge in [-0.3, -0.25) is 14.5 Å². The number of nitriles is 1. The molecule has 206 valence electrons. The molecule has 3 aliphatic heterocycles. The van der Waals surface area contributed by atoms with Crippen LogP contribution in [0, 0.1) is 16.7 Å². The van der Waals surface area contributed by atoms with Gasteiger partial charge in [0.25, 0.3) is 0 Å². The quantitative estimate of drug-likeness (QED) is 0.369. The Morgan fingerprint density at radius 2 is 2.05 bits per heavy atom. The van der Waals surface area contributed by atoms with Crippen LogP contribution in [0.2, 0.25) is 0 Å². The van der Waals surface area contributed by atoms with Crippen LogP contribution in [0.25, 0.3) is 0 Å². The zero-order valence-electron chi connectivity index (χ0n) is 22.3. The second kappa shape index (κ2) is 11.1. The zero-order valence-corrected chi connectivity index (χ0v) is 22.3. The molecular weight excluding hydrogens is 500 g/mol. The van der Waals surface area contributed by atoms with E-state index in [0.29, 0.717) is 48.7 Å². The number of nitrogens with one attached hydrogen (secondary N) is 1. The number of rotatable bonds is 8. The minimum atomic E-state index is -1.20. The molecule has 0 saturated carbocycles. The predicted molar refractivity (Wildman–Crippen MR) is 144 cm³/mol. The smallest absolute Gasteiger partial charge is 0.237 e. The van der Waals surface area contributed by atoms with Crippen molar-refractivity contribution in [3.05, 3.63) is 41.2 Å². The third-order valence-electron chi connectivity index (χ3n) is 7.97. The predicted octanol–water partition coefficient (Wildman–Crippen LogP) is 0.876. The molecule has 1 amide bonds. The molecule has 0 radical (unpaired) electrons. The Morgan fingerprint density at radius 3 is 2.69 bits per heavy atom. The first-order valence-corrected chi connectivity index (χ1v) is 13.1. The van der Waals surface area contributed by atoms with Crippen molar-refractivity contribution in [1.82, 2.24) is 19.8 Å². The third kappa shape index (κ3) is 5.66. The first kappa shape index (κ1) is 26.8. The third-order valence-corrected chi connectivity index (χ3v) is 7.97. The van der Waals surface area contributed by atoms with Crippen molar-refractivity contribution in [3.8, 4) is 6.07 Å². The molecule has 2 aromatic heterocycles. The first-order chi connectivity index (χ1) is 18.8. The minimum Gasteiger partial charge on any atom is -0.380 e. The van der Waals surface area contributed by atoms with Crippen molar-refractivity contribution < 1.29 is 19.4 Å². The molecule has 0 aromatic carbocycles. The van der Waals surface area contributed by atoms with E-state index < -0.39 is 6.35 Å². The lowest BCUT2D eigenvalue weighted by atomic mass is 9.76. The van der Waals surface area contributed by atoms with E-state index in [9.17, 15) is 20.0 Å². The van der Waals surface area contributed by atoms with E-state index in [-0.39, 0.29) is 17.0 Å². The van der Waals surface area contributed by atoms with Gasteiger partial charge in [-0.05, 0) is 26.0 Å². The number of carbonyl (C=O) groups excluding carboxylic acids is 2. The lowest BCUT2D eigenvalue weighted by molar-refractivity contribution is -0.136. The molecule has 0 aliphatic carbocycles. The molecule has 0 bridgehead atoms. The number of carbonyl (C=O) groups is 2. The second-order valence-corrected chi connectivity index (χ2v) is 10.7. The summed E-state index contributed by atoms with van der Waals surface area (Å²) < 4.78 is 5.42. The number of aldehydes is 1. The van der Waals surface area contributed by atoms with Gasteiger partial charge in [-0.1, -0.05) is 6.07 Å². The number of amides is 1. The van der Waals surface area contributed by atoms with Crippen molar-refractivity contribution in [2.75, 3.05) is 75.1 Å². The van der Waals surface area contributed by atoms with Gasteiger partial charge in [-0.15, -0.1) is 0 Å². The molecule has 1 unspecified atom stereocenters. The summed E-state index contributed by atoms with van der Waals surface area (Å²) in [5.41, 5.74) is 2.41. The van der Waals surface area contributed by atoms with Crippen LogP contribution in [-0.2, 0) is 16.1 Å². The number of nitrogens with zero attached hydrogens (tertiary/aromatic N) is 7. The molecule has 3 fully saturated rings. The monoisotopic (exact) mass is 534 g/mol. The van der Waals surface area contributed by atoms with E-state index in [1.54, 1.807) is 30.1 Å². The lowest BCUT2D eigenvalue weighted by Crippen LogP contribution is -2.51. The van der Waals surface area contributed by atoms with Crippen LogP contribution in [0.3, 0.4) is 0 Å². The van der Waals surface area contributed by atoms with Crippen molar-refractivity contribution in [3.63, 3.8) is 0 Å². The fourth-order valence-electron chi connectivity index (χ4n) is 5.25. The van der Waals surface area contributed by atoms with Crippen LogP contribution < -0.4 is 15.1 Å².